The summed E-state index contributed by atoms with van der Waals surface area (Å²) in [6.45, 7) is -0.323. The number of hydrogen-bond donors (Lipinski definition) is 3. The fourth-order valence-electron chi connectivity index (χ4n) is 0.948. The standard InChI is InChI=1S/C8H10N2O5/c11-3-1-6(8(13)14)9-7(12)5-2-4-15-10-5/h2,4,6,11H,1,3H2,(H,9,12)(H,13,14)/t6-/m1/s1. The highest BCUT2D eigenvalue weighted by Gasteiger charge is 2.20. The van der Waals surface area contributed by atoms with Gasteiger partial charge in [0.05, 0.1) is 0 Å². The van der Waals surface area contributed by atoms with Gasteiger partial charge in [0.2, 0.25) is 0 Å². The molecule has 0 aliphatic rings. The van der Waals surface area contributed by atoms with Gasteiger partial charge in [-0.15, -0.1) is 0 Å². The number of rotatable bonds is 5. The second-order valence-corrected chi connectivity index (χ2v) is 2.76. The largest absolute Gasteiger partial charge is 0.480 e. The van der Waals surface area contributed by atoms with Crippen LogP contribution in [0.4, 0.5) is 0 Å². The Morgan fingerprint density at radius 3 is 2.80 bits per heavy atom. The maximum absolute atomic E-state index is 11.3. The average Bonchev–Trinajstić information content (AvgIpc) is 2.69. The van der Waals surface area contributed by atoms with Gasteiger partial charge in [-0.25, -0.2) is 4.79 Å². The zero-order valence-electron chi connectivity index (χ0n) is 7.71. The van der Waals surface area contributed by atoms with E-state index in [2.05, 4.69) is 15.0 Å². The maximum atomic E-state index is 11.3. The van der Waals surface area contributed by atoms with Gasteiger partial charge in [0.15, 0.2) is 5.69 Å². The molecule has 1 amide bonds. The highest BCUT2D eigenvalue weighted by Crippen LogP contribution is 1.97. The van der Waals surface area contributed by atoms with E-state index in [4.69, 9.17) is 10.2 Å². The maximum Gasteiger partial charge on any atom is 0.326 e. The van der Waals surface area contributed by atoms with E-state index < -0.39 is 17.9 Å². The molecule has 0 aliphatic heterocycles. The summed E-state index contributed by atoms with van der Waals surface area (Å²) in [5.74, 6) is -1.86. The number of nitrogens with one attached hydrogen (secondary N) is 1. The summed E-state index contributed by atoms with van der Waals surface area (Å²) in [6.07, 6.45) is 1.15. The number of carbonyl (C=O) groups is 2. The van der Waals surface area contributed by atoms with Crippen molar-refractivity contribution in [3.63, 3.8) is 0 Å². The van der Waals surface area contributed by atoms with Crippen molar-refractivity contribution in [1.82, 2.24) is 10.5 Å². The first-order valence-electron chi connectivity index (χ1n) is 4.20. The average molecular weight is 214 g/mol. The Balaban J connectivity index is 2.59. The second-order valence-electron chi connectivity index (χ2n) is 2.76. The summed E-state index contributed by atoms with van der Waals surface area (Å²) >= 11 is 0. The van der Waals surface area contributed by atoms with Gasteiger partial charge < -0.3 is 20.1 Å². The molecule has 0 saturated carbocycles. The number of nitrogens with zero attached hydrogens (tertiary/aromatic N) is 1. The Morgan fingerprint density at radius 2 is 2.33 bits per heavy atom. The Hall–Kier alpha value is -1.89. The van der Waals surface area contributed by atoms with E-state index in [0.29, 0.717) is 0 Å². The minimum Gasteiger partial charge on any atom is -0.480 e. The lowest BCUT2D eigenvalue weighted by Gasteiger charge is -2.11. The van der Waals surface area contributed by atoms with Gasteiger partial charge in [-0.05, 0) is 0 Å². The SMILES string of the molecule is O=C(N[C@H](CCO)C(=O)O)c1ccon1. The van der Waals surface area contributed by atoms with E-state index in [-0.39, 0.29) is 18.7 Å². The first-order chi connectivity index (χ1) is 7.15. The van der Waals surface area contributed by atoms with Crippen molar-refractivity contribution in [2.75, 3.05) is 6.61 Å². The number of aliphatic hydroxyl groups excluding tert-OH is 1. The van der Waals surface area contributed by atoms with Crippen LogP contribution in [0.5, 0.6) is 0 Å². The third kappa shape index (κ3) is 3.06. The Bertz CT molecular complexity index is 335. The molecule has 0 radical (unpaired) electrons. The first kappa shape index (κ1) is 11.2. The van der Waals surface area contributed by atoms with Crippen molar-refractivity contribution in [3.05, 3.63) is 18.0 Å². The second kappa shape index (κ2) is 5.11. The molecule has 1 rings (SSSR count). The number of aliphatic carboxylic acids is 1. The lowest BCUT2D eigenvalue weighted by molar-refractivity contribution is -0.139. The molecule has 0 spiro atoms. The van der Waals surface area contributed by atoms with Crippen LogP contribution in [0.15, 0.2) is 16.9 Å². The Labute approximate surface area is 84.7 Å². The van der Waals surface area contributed by atoms with Gasteiger partial charge in [-0.3, -0.25) is 4.79 Å². The van der Waals surface area contributed by atoms with Crippen molar-refractivity contribution in [2.24, 2.45) is 0 Å². The Morgan fingerprint density at radius 1 is 1.60 bits per heavy atom. The van der Waals surface area contributed by atoms with E-state index in [1.165, 1.54) is 12.3 Å². The highest BCUT2D eigenvalue weighted by atomic mass is 16.5. The molecule has 1 heterocycles. The van der Waals surface area contributed by atoms with E-state index in [1.54, 1.807) is 0 Å². The molecule has 82 valence electrons. The Kier molecular flexibility index (Phi) is 3.81. The molecule has 7 heteroatoms. The van der Waals surface area contributed by atoms with Gasteiger partial charge >= 0.3 is 5.97 Å². The number of hydrogen-bond acceptors (Lipinski definition) is 5. The molecule has 0 aliphatic carbocycles. The third-order valence-corrected chi connectivity index (χ3v) is 1.69. The number of carbonyl (C=O) groups excluding carboxylic acids is 1. The quantitative estimate of drug-likeness (QED) is 0.593. The van der Waals surface area contributed by atoms with E-state index >= 15 is 0 Å². The van der Waals surface area contributed by atoms with Gasteiger partial charge in [0.1, 0.15) is 12.3 Å². The smallest absolute Gasteiger partial charge is 0.326 e. The third-order valence-electron chi connectivity index (χ3n) is 1.69. The van der Waals surface area contributed by atoms with Crippen molar-refractivity contribution >= 4 is 11.9 Å². The van der Waals surface area contributed by atoms with Crippen molar-refractivity contribution < 1.29 is 24.3 Å². The van der Waals surface area contributed by atoms with Crippen LogP contribution in [0, 0.1) is 0 Å². The minimum atomic E-state index is -1.21. The van der Waals surface area contributed by atoms with Crippen LogP contribution in [-0.4, -0.2) is 39.9 Å². The van der Waals surface area contributed by atoms with Gasteiger partial charge in [-0.2, -0.15) is 0 Å². The van der Waals surface area contributed by atoms with Crippen molar-refractivity contribution in [1.29, 1.82) is 0 Å². The van der Waals surface area contributed by atoms with Crippen LogP contribution in [0.2, 0.25) is 0 Å². The van der Waals surface area contributed by atoms with Crippen LogP contribution < -0.4 is 5.32 Å². The lowest BCUT2D eigenvalue weighted by Crippen LogP contribution is -2.41. The summed E-state index contributed by atoms with van der Waals surface area (Å²) in [7, 11) is 0. The number of carboxylic acids is 1. The van der Waals surface area contributed by atoms with Gasteiger partial charge in [-0.1, -0.05) is 5.16 Å². The molecule has 1 aromatic heterocycles. The number of aliphatic hydroxyl groups is 1. The summed E-state index contributed by atoms with van der Waals surface area (Å²) in [4.78, 5) is 21.9. The monoisotopic (exact) mass is 214 g/mol. The summed E-state index contributed by atoms with van der Waals surface area (Å²) in [5.41, 5.74) is -0.000750. The molecule has 0 saturated heterocycles. The predicted molar refractivity (Wildman–Crippen MR) is 47.1 cm³/mol. The molecule has 0 bridgehead atoms. The summed E-state index contributed by atoms with van der Waals surface area (Å²) in [5, 5.41) is 22.8. The molecular weight excluding hydrogens is 204 g/mol. The van der Waals surface area contributed by atoms with E-state index in [1.807, 2.05) is 0 Å². The van der Waals surface area contributed by atoms with Crippen molar-refractivity contribution in [2.45, 2.75) is 12.5 Å². The predicted octanol–water partition coefficient (Wildman–Crippen LogP) is -0.760. The molecule has 3 N–H and O–H groups in total. The topological polar surface area (TPSA) is 113 Å². The summed E-state index contributed by atoms with van der Waals surface area (Å²) < 4.78 is 4.43. The van der Waals surface area contributed by atoms with E-state index in [9.17, 15) is 9.59 Å². The fourth-order valence-corrected chi connectivity index (χ4v) is 0.948. The van der Waals surface area contributed by atoms with Gasteiger partial charge in [0.25, 0.3) is 5.91 Å². The molecule has 15 heavy (non-hydrogen) atoms. The van der Waals surface area contributed by atoms with Crippen LogP contribution >= 0.6 is 0 Å². The molecule has 7 nitrogen and oxygen atoms in total. The molecule has 0 aromatic carbocycles. The number of aromatic nitrogens is 1. The number of carboxylic acid groups (broad SMARTS) is 1. The molecule has 1 aromatic rings. The van der Waals surface area contributed by atoms with Gasteiger partial charge in [0, 0.05) is 19.1 Å². The van der Waals surface area contributed by atoms with Crippen LogP contribution in [-0.2, 0) is 4.79 Å². The minimum absolute atomic E-state index is 0.000750. The van der Waals surface area contributed by atoms with Crippen molar-refractivity contribution in [3.8, 4) is 0 Å². The van der Waals surface area contributed by atoms with Crippen LogP contribution in [0.3, 0.4) is 0 Å². The molecule has 0 fully saturated rings. The zero-order chi connectivity index (χ0) is 11.3. The summed E-state index contributed by atoms with van der Waals surface area (Å²) in [6, 6.07) is 0.187. The first-order valence-corrected chi connectivity index (χ1v) is 4.20. The highest BCUT2D eigenvalue weighted by molar-refractivity contribution is 5.94. The zero-order valence-corrected chi connectivity index (χ0v) is 7.71. The number of amides is 1. The fraction of sp³-hybridized carbons (Fsp3) is 0.375. The molecule has 0 unspecified atom stereocenters. The lowest BCUT2D eigenvalue weighted by atomic mass is 10.2. The molecular formula is C8H10N2O5. The normalized spacial score (nSPS) is 12.1. The van der Waals surface area contributed by atoms with E-state index in [0.717, 1.165) is 0 Å². The molecule has 1 atom stereocenters. The van der Waals surface area contributed by atoms with Crippen LogP contribution in [0.1, 0.15) is 16.9 Å². The van der Waals surface area contributed by atoms with Crippen LogP contribution in [0.25, 0.3) is 0 Å².